The van der Waals surface area contributed by atoms with Gasteiger partial charge in [-0.3, -0.25) is 0 Å². The van der Waals surface area contributed by atoms with E-state index in [0.717, 1.165) is 16.3 Å². The number of rotatable bonds is 3. The minimum Gasteiger partial charge on any atom is -0.464 e. The molecule has 4 nitrogen and oxygen atoms in total. The monoisotopic (exact) mass is 298 g/mol. The minimum absolute atomic E-state index is 0.308. The summed E-state index contributed by atoms with van der Waals surface area (Å²) in [5.41, 5.74) is 3.30. The number of carbonyl (C=O) groups is 1. The van der Waals surface area contributed by atoms with E-state index in [2.05, 4.69) is 16.5 Å². The molecule has 0 radical (unpaired) electrons. The highest BCUT2D eigenvalue weighted by atomic mass is 32.1. The van der Waals surface area contributed by atoms with Crippen LogP contribution < -0.4 is 0 Å². The lowest BCUT2D eigenvalue weighted by Gasteiger charge is -2.05. The Bertz CT molecular complexity index is 775. The number of aryl methyl sites for hydroxylation is 1. The number of hydrogen-bond acceptors (Lipinski definition) is 4. The number of aromatic nitrogens is 2. The number of benzene rings is 1. The van der Waals surface area contributed by atoms with Gasteiger partial charge in [0.1, 0.15) is 0 Å². The first-order chi connectivity index (χ1) is 10.2. The summed E-state index contributed by atoms with van der Waals surface area (Å²) >= 11 is 1.63. The van der Waals surface area contributed by atoms with Crippen molar-refractivity contribution in [2.75, 3.05) is 7.11 Å². The van der Waals surface area contributed by atoms with Gasteiger partial charge in [0, 0.05) is 6.07 Å². The van der Waals surface area contributed by atoms with Crippen LogP contribution in [0.5, 0.6) is 0 Å². The summed E-state index contributed by atoms with van der Waals surface area (Å²) in [7, 11) is 1.36. The summed E-state index contributed by atoms with van der Waals surface area (Å²) in [5, 5.41) is 6.46. The first kappa shape index (κ1) is 13.6. The van der Waals surface area contributed by atoms with Crippen LogP contribution in [0.4, 0.5) is 0 Å². The lowest BCUT2D eigenvalue weighted by atomic mass is 10.2. The van der Waals surface area contributed by atoms with Gasteiger partial charge in [0.15, 0.2) is 5.69 Å². The zero-order valence-electron chi connectivity index (χ0n) is 11.7. The topological polar surface area (TPSA) is 44.1 Å². The van der Waals surface area contributed by atoms with Gasteiger partial charge in [-0.1, -0.05) is 18.2 Å². The molecule has 0 saturated carbocycles. The molecule has 0 aliphatic rings. The lowest BCUT2D eigenvalue weighted by Crippen LogP contribution is -2.04. The van der Waals surface area contributed by atoms with Crippen molar-refractivity contribution in [3.8, 4) is 16.3 Å². The van der Waals surface area contributed by atoms with E-state index in [1.165, 1.54) is 12.7 Å². The number of esters is 1. The van der Waals surface area contributed by atoms with Crippen molar-refractivity contribution in [1.29, 1.82) is 0 Å². The largest absolute Gasteiger partial charge is 0.464 e. The summed E-state index contributed by atoms with van der Waals surface area (Å²) < 4.78 is 6.55. The Hall–Kier alpha value is -2.40. The Kier molecular flexibility index (Phi) is 3.58. The van der Waals surface area contributed by atoms with Crippen molar-refractivity contribution < 1.29 is 9.53 Å². The molecule has 1 aromatic carbocycles. The van der Waals surface area contributed by atoms with Crippen LogP contribution >= 0.6 is 11.3 Å². The SMILES string of the molecule is COC(=O)c1cc(-c2cc(C)cs2)n(-c2ccccc2)n1. The minimum atomic E-state index is -0.431. The molecule has 0 amide bonds. The third-order valence-corrected chi connectivity index (χ3v) is 4.16. The normalized spacial score (nSPS) is 10.6. The Labute approximate surface area is 126 Å². The molecule has 0 aliphatic heterocycles. The summed E-state index contributed by atoms with van der Waals surface area (Å²) in [4.78, 5) is 12.8. The van der Waals surface area contributed by atoms with Crippen molar-refractivity contribution >= 4 is 17.3 Å². The number of carbonyl (C=O) groups excluding carboxylic acids is 1. The Balaban J connectivity index is 2.17. The molecule has 0 aliphatic carbocycles. The zero-order valence-corrected chi connectivity index (χ0v) is 12.6. The fourth-order valence-corrected chi connectivity index (χ4v) is 2.99. The molecular weight excluding hydrogens is 284 g/mol. The van der Waals surface area contributed by atoms with Crippen LogP contribution in [0.1, 0.15) is 16.1 Å². The van der Waals surface area contributed by atoms with Crippen LogP contribution in [0.3, 0.4) is 0 Å². The van der Waals surface area contributed by atoms with E-state index in [-0.39, 0.29) is 0 Å². The predicted octanol–water partition coefficient (Wildman–Crippen LogP) is 3.70. The van der Waals surface area contributed by atoms with Crippen molar-refractivity contribution in [3.05, 3.63) is 59.1 Å². The fraction of sp³-hybridized carbons (Fsp3) is 0.125. The van der Waals surface area contributed by atoms with E-state index >= 15 is 0 Å². The van der Waals surface area contributed by atoms with E-state index in [4.69, 9.17) is 4.74 Å². The second kappa shape index (κ2) is 5.54. The van der Waals surface area contributed by atoms with Crippen LogP contribution in [0.2, 0.25) is 0 Å². The van der Waals surface area contributed by atoms with Crippen LogP contribution in [0, 0.1) is 6.92 Å². The summed E-state index contributed by atoms with van der Waals surface area (Å²) in [6.07, 6.45) is 0. The molecule has 0 unspecified atom stereocenters. The van der Waals surface area contributed by atoms with Crippen molar-refractivity contribution in [2.24, 2.45) is 0 Å². The summed E-state index contributed by atoms with van der Waals surface area (Å²) in [5.74, 6) is -0.431. The number of methoxy groups -OCH3 is 1. The van der Waals surface area contributed by atoms with Gasteiger partial charge in [0.05, 0.1) is 23.4 Å². The molecule has 106 valence electrons. The standard InChI is InChI=1S/C16H14N2O2S/c1-11-8-15(21-10-11)14-9-13(16(19)20-2)17-18(14)12-6-4-3-5-7-12/h3-10H,1-2H3. The zero-order chi connectivity index (χ0) is 14.8. The van der Waals surface area contributed by atoms with Gasteiger partial charge in [-0.2, -0.15) is 5.10 Å². The second-order valence-electron chi connectivity index (χ2n) is 4.64. The van der Waals surface area contributed by atoms with Crippen molar-refractivity contribution in [3.63, 3.8) is 0 Å². The lowest BCUT2D eigenvalue weighted by molar-refractivity contribution is 0.0593. The molecule has 0 fully saturated rings. The average Bonchev–Trinajstić information content (AvgIpc) is 3.13. The first-order valence-electron chi connectivity index (χ1n) is 6.48. The van der Waals surface area contributed by atoms with Crippen LogP contribution in [0.25, 0.3) is 16.3 Å². The smallest absolute Gasteiger partial charge is 0.358 e. The third kappa shape index (κ3) is 2.60. The highest BCUT2D eigenvalue weighted by Gasteiger charge is 2.17. The molecule has 0 atom stereocenters. The molecule has 0 saturated heterocycles. The Morgan fingerprint density at radius 1 is 1.24 bits per heavy atom. The van der Waals surface area contributed by atoms with Gasteiger partial charge in [0.25, 0.3) is 0 Å². The maximum atomic E-state index is 11.8. The number of para-hydroxylation sites is 1. The molecule has 21 heavy (non-hydrogen) atoms. The Morgan fingerprint density at radius 3 is 2.62 bits per heavy atom. The predicted molar refractivity (Wildman–Crippen MR) is 83.0 cm³/mol. The van der Waals surface area contributed by atoms with E-state index in [9.17, 15) is 4.79 Å². The van der Waals surface area contributed by atoms with E-state index < -0.39 is 5.97 Å². The summed E-state index contributed by atoms with van der Waals surface area (Å²) in [6.45, 7) is 2.05. The van der Waals surface area contributed by atoms with E-state index in [1.54, 1.807) is 22.1 Å². The van der Waals surface area contributed by atoms with E-state index in [0.29, 0.717) is 5.69 Å². The maximum Gasteiger partial charge on any atom is 0.358 e. The van der Waals surface area contributed by atoms with Gasteiger partial charge in [-0.05, 0) is 36.1 Å². The maximum absolute atomic E-state index is 11.8. The first-order valence-corrected chi connectivity index (χ1v) is 7.36. The van der Waals surface area contributed by atoms with Crippen LogP contribution in [-0.4, -0.2) is 22.9 Å². The molecule has 0 N–H and O–H groups in total. The van der Waals surface area contributed by atoms with Gasteiger partial charge in [-0.15, -0.1) is 11.3 Å². The molecule has 2 aromatic heterocycles. The highest BCUT2D eigenvalue weighted by Crippen LogP contribution is 2.29. The van der Waals surface area contributed by atoms with Crippen LogP contribution in [0.15, 0.2) is 47.8 Å². The average molecular weight is 298 g/mol. The van der Waals surface area contributed by atoms with Gasteiger partial charge < -0.3 is 4.74 Å². The second-order valence-corrected chi connectivity index (χ2v) is 5.55. The molecule has 3 aromatic rings. The molecular formula is C16H14N2O2S. The fourth-order valence-electron chi connectivity index (χ4n) is 2.09. The molecule has 0 bridgehead atoms. The van der Waals surface area contributed by atoms with Crippen LogP contribution in [-0.2, 0) is 4.74 Å². The highest BCUT2D eigenvalue weighted by molar-refractivity contribution is 7.13. The van der Waals surface area contributed by atoms with Gasteiger partial charge >= 0.3 is 5.97 Å². The number of hydrogen-bond donors (Lipinski definition) is 0. The van der Waals surface area contributed by atoms with Gasteiger partial charge in [-0.25, -0.2) is 9.48 Å². The number of nitrogens with zero attached hydrogens (tertiary/aromatic N) is 2. The number of thiophene rings is 1. The number of ether oxygens (including phenoxy) is 1. The Morgan fingerprint density at radius 2 is 2.00 bits per heavy atom. The van der Waals surface area contributed by atoms with E-state index in [1.807, 2.05) is 37.3 Å². The third-order valence-electron chi connectivity index (χ3n) is 3.09. The molecule has 3 rings (SSSR count). The molecule has 0 spiro atoms. The molecule has 5 heteroatoms. The summed E-state index contributed by atoms with van der Waals surface area (Å²) in [6, 6.07) is 13.6. The van der Waals surface area contributed by atoms with Gasteiger partial charge in [0.2, 0.25) is 0 Å². The molecule has 2 heterocycles. The van der Waals surface area contributed by atoms with Crippen molar-refractivity contribution in [2.45, 2.75) is 6.92 Å². The quantitative estimate of drug-likeness (QED) is 0.693. The van der Waals surface area contributed by atoms with Crippen molar-refractivity contribution in [1.82, 2.24) is 9.78 Å².